The normalized spacial score (nSPS) is 16.7. The van der Waals surface area contributed by atoms with Gasteiger partial charge >= 0.3 is 0 Å². The Hall–Kier alpha value is -2.36. The molecule has 1 amide bonds. The van der Waals surface area contributed by atoms with Crippen molar-refractivity contribution in [3.8, 4) is 0 Å². The van der Waals surface area contributed by atoms with Gasteiger partial charge < -0.3 is 14.5 Å². The number of amides is 1. The van der Waals surface area contributed by atoms with Gasteiger partial charge in [-0.1, -0.05) is 30.3 Å². The van der Waals surface area contributed by atoms with E-state index in [2.05, 4.69) is 4.40 Å². The Morgan fingerprint density at radius 3 is 2.79 bits per heavy atom. The number of methoxy groups -OCH3 is 1. The molecule has 2 aliphatic heterocycles. The van der Waals surface area contributed by atoms with Crippen LogP contribution in [0.15, 0.2) is 57.8 Å². The molecule has 0 N–H and O–H groups in total. The first-order chi connectivity index (χ1) is 14.0. The van der Waals surface area contributed by atoms with Crippen LogP contribution < -0.4 is 4.90 Å². The Morgan fingerprint density at radius 1 is 1.24 bits per heavy atom. The molecule has 0 spiro atoms. The van der Waals surface area contributed by atoms with Gasteiger partial charge in [-0.05, 0) is 35.5 Å². The smallest absolute Gasteiger partial charge is 0.257 e. The van der Waals surface area contributed by atoms with Gasteiger partial charge in [-0.2, -0.15) is 0 Å². The molecule has 2 aromatic carbocycles. The molecule has 4 rings (SSSR count). The molecule has 0 aliphatic carbocycles. The maximum Gasteiger partial charge on any atom is 0.257 e. The number of carbonyl (C=O) groups excluding carboxylic acids is 1. The summed E-state index contributed by atoms with van der Waals surface area (Å²) in [5.41, 5.74) is 2.50. The van der Waals surface area contributed by atoms with Gasteiger partial charge in [0.05, 0.1) is 18.0 Å². The number of ether oxygens (including phenoxy) is 1. The lowest BCUT2D eigenvalue weighted by molar-refractivity contribution is 0.0680. The summed E-state index contributed by atoms with van der Waals surface area (Å²) in [7, 11) is -1.79. The number of anilines is 1. The van der Waals surface area contributed by atoms with E-state index in [0.29, 0.717) is 37.0 Å². The van der Waals surface area contributed by atoms with Gasteiger partial charge in [-0.3, -0.25) is 4.79 Å². The van der Waals surface area contributed by atoms with E-state index in [1.165, 1.54) is 11.8 Å². The summed E-state index contributed by atoms with van der Waals surface area (Å²) in [6, 6.07) is 15.3. The molecule has 0 fully saturated rings. The lowest BCUT2D eigenvalue weighted by Gasteiger charge is -2.24. The SMILES string of the molecule is COCCN(Cc1ccccc1)C(=O)c1ccc2c(c1)SC1=NS(=O)(=O)CCN12. The zero-order valence-corrected chi connectivity index (χ0v) is 17.6. The third kappa shape index (κ3) is 4.31. The summed E-state index contributed by atoms with van der Waals surface area (Å²) >= 11 is 1.29. The second kappa shape index (κ2) is 8.17. The fourth-order valence-corrected chi connectivity index (χ4v) is 5.60. The van der Waals surface area contributed by atoms with Crippen LogP contribution in [0.25, 0.3) is 0 Å². The molecule has 2 aliphatic rings. The summed E-state index contributed by atoms with van der Waals surface area (Å²) in [6.07, 6.45) is 0. The number of carbonyl (C=O) groups is 1. The second-order valence-electron chi connectivity index (χ2n) is 6.80. The number of fused-ring (bicyclic) bond motifs is 3. The van der Waals surface area contributed by atoms with E-state index in [1.807, 2.05) is 47.4 Å². The number of thioether (sulfide) groups is 1. The van der Waals surface area contributed by atoms with Gasteiger partial charge in [-0.15, -0.1) is 4.40 Å². The van der Waals surface area contributed by atoms with Crippen molar-refractivity contribution in [3.63, 3.8) is 0 Å². The third-order valence-corrected chi connectivity index (χ3v) is 7.09. The van der Waals surface area contributed by atoms with E-state index in [-0.39, 0.29) is 11.7 Å². The van der Waals surface area contributed by atoms with Gasteiger partial charge in [0.15, 0.2) is 5.17 Å². The monoisotopic (exact) mass is 431 g/mol. The molecule has 2 heterocycles. The van der Waals surface area contributed by atoms with Crippen LogP contribution in [0.4, 0.5) is 5.69 Å². The molecule has 0 unspecified atom stereocenters. The molecular formula is C20H21N3O4S2. The van der Waals surface area contributed by atoms with Gasteiger partial charge in [0, 0.05) is 37.2 Å². The van der Waals surface area contributed by atoms with Gasteiger partial charge in [0.1, 0.15) is 0 Å². The van der Waals surface area contributed by atoms with E-state index in [1.54, 1.807) is 18.1 Å². The highest BCUT2D eigenvalue weighted by atomic mass is 32.2. The van der Waals surface area contributed by atoms with Crippen molar-refractivity contribution in [1.29, 1.82) is 0 Å². The predicted molar refractivity (Wildman–Crippen MR) is 114 cm³/mol. The zero-order chi connectivity index (χ0) is 20.4. The van der Waals surface area contributed by atoms with Crippen LogP contribution in [0.5, 0.6) is 0 Å². The van der Waals surface area contributed by atoms with Crippen LogP contribution in [0.1, 0.15) is 15.9 Å². The van der Waals surface area contributed by atoms with Crippen LogP contribution >= 0.6 is 11.8 Å². The molecule has 0 radical (unpaired) electrons. The van der Waals surface area contributed by atoms with Crippen LogP contribution in [-0.2, 0) is 21.3 Å². The summed E-state index contributed by atoms with van der Waals surface area (Å²) < 4.78 is 32.6. The molecule has 9 heteroatoms. The number of hydrogen-bond donors (Lipinski definition) is 0. The standard InChI is InChI=1S/C20H21N3O4S2/c1-27-11-9-22(14-15-5-3-2-4-6-15)19(24)16-7-8-17-18(13-16)28-20-21-29(25,26)12-10-23(17)20/h2-8,13H,9-12,14H2,1H3. The number of benzene rings is 2. The van der Waals surface area contributed by atoms with Gasteiger partial charge in [-0.25, -0.2) is 8.42 Å². The number of hydrogen-bond acceptors (Lipinski definition) is 6. The first-order valence-corrected chi connectivity index (χ1v) is 11.6. The summed E-state index contributed by atoms with van der Waals surface area (Å²) in [6.45, 7) is 1.79. The van der Waals surface area contributed by atoms with E-state index in [0.717, 1.165) is 16.1 Å². The first-order valence-electron chi connectivity index (χ1n) is 9.21. The van der Waals surface area contributed by atoms with Crippen molar-refractivity contribution >= 4 is 38.5 Å². The molecular weight excluding hydrogens is 410 g/mol. The Balaban J connectivity index is 1.59. The van der Waals surface area contributed by atoms with Crippen molar-refractivity contribution < 1.29 is 17.9 Å². The topological polar surface area (TPSA) is 79.3 Å². The van der Waals surface area contributed by atoms with E-state index >= 15 is 0 Å². The van der Waals surface area contributed by atoms with Crippen molar-refractivity contribution in [1.82, 2.24) is 4.90 Å². The minimum absolute atomic E-state index is 0.000939. The largest absolute Gasteiger partial charge is 0.383 e. The molecule has 0 bridgehead atoms. The molecule has 0 atom stereocenters. The number of amidine groups is 1. The molecule has 0 saturated heterocycles. The fourth-order valence-electron chi connectivity index (χ4n) is 3.30. The summed E-state index contributed by atoms with van der Waals surface area (Å²) in [5.74, 6) is -0.0901. The zero-order valence-electron chi connectivity index (χ0n) is 15.9. The van der Waals surface area contributed by atoms with Gasteiger partial charge in [0.25, 0.3) is 15.9 Å². The highest BCUT2D eigenvalue weighted by Gasteiger charge is 2.33. The Morgan fingerprint density at radius 2 is 2.03 bits per heavy atom. The second-order valence-corrected chi connectivity index (χ2v) is 9.56. The van der Waals surface area contributed by atoms with E-state index in [9.17, 15) is 13.2 Å². The highest BCUT2D eigenvalue weighted by Crippen LogP contribution is 2.42. The van der Waals surface area contributed by atoms with Crippen molar-refractivity contribution in [2.24, 2.45) is 4.40 Å². The van der Waals surface area contributed by atoms with Crippen molar-refractivity contribution in [3.05, 3.63) is 59.7 Å². The van der Waals surface area contributed by atoms with Crippen LogP contribution in [0.2, 0.25) is 0 Å². The lowest BCUT2D eigenvalue weighted by atomic mass is 10.1. The van der Waals surface area contributed by atoms with Crippen LogP contribution in [-0.4, -0.2) is 57.0 Å². The minimum Gasteiger partial charge on any atom is -0.383 e. The molecule has 29 heavy (non-hydrogen) atoms. The molecule has 2 aromatic rings. The Labute approximate surface area is 174 Å². The van der Waals surface area contributed by atoms with E-state index in [4.69, 9.17) is 4.74 Å². The molecule has 0 aromatic heterocycles. The molecule has 7 nitrogen and oxygen atoms in total. The lowest BCUT2D eigenvalue weighted by Crippen LogP contribution is -2.35. The molecule has 152 valence electrons. The van der Waals surface area contributed by atoms with Gasteiger partial charge in [0.2, 0.25) is 0 Å². The highest BCUT2D eigenvalue weighted by molar-refractivity contribution is 8.15. The maximum absolute atomic E-state index is 13.2. The summed E-state index contributed by atoms with van der Waals surface area (Å²) in [4.78, 5) is 17.7. The fraction of sp³-hybridized carbons (Fsp3) is 0.300. The van der Waals surface area contributed by atoms with Crippen molar-refractivity contribution in [2.75, 3.05) is 37.5 Å². The first kappa shape index (κ1) is 19.9. The number of rotatable bonds is 6. The van der Waals surface area contributed by atoms with Crippen LogP contribution in [0, 0.1) is 0 Å². The minimum atomic E-state index is -3.40. The Kier molecular flexibility index (Phi) is 5.62. The predicted octanol–water partition coefficient (Wildman–Crippen LogP) is 2.59. The average Bonchev–Trinajstić information content (AvgIpc) is 3.06. The van der Waals surface area contributed by atoms with Crippen molar-refractivity contribution in [2.45, 2.75) is 11.4 Å². The van der Waals surface area contributed by atoms with E-state index < -0.39 is 10.0 Å². The third-order valence-electron chi connectivity index (χ3n) is 4.79. The average molecular weight is 432 g/mol. The molecule has 0 saturated carbocycles. The van der Waals surface area contributed by atoms with Crippen LogP contribution in [0.3, 0.4) is 0 Å². The number of sulfonamides is 1. The quantitative estimate of drug-likeness (QED) is 0.700. The number of nitrogens with zero attached hydrogens (tertiary/aromatic N) is 3. The Bertz CT molecular complexity index is 1050. The maximum atomic E-state index is 13.2. The summed E-state index contributed by atoms with van der Waals surface area (Å²) in [5, 5.41) is 0.455.